The maximum Gasteiger partial charge on any atom is 0.221 e. The summed E-state index contributed by atoms with van der Waals surface area (Å²) in [6.07, 6.45) is 1.71. The average Bonchev–Trinajstić information content (AvgIpc) is 2.14. The van der Waals surface area contributed by atoms with Crippen LogP contribution in [0.1, 0.15) is 33.6 Å². The van der Waals surface area contributed by atoms with E-state index in [-0.39, 0.29) is 5.91 Å². The summed E-state index contributed by atoms with van der Waals surface area (Å²) in [5.74, 6) is 0.740. The first-order valence-corrected chi connectivity index (χ1v) is 5.18. The highest BCUT2D eigenvalue weighted by molar-refractivity contribution is 5.76. The molecule has 0 aromatic rings. The fraction of sp³-hybridized carbons (Fsp3) is 0.900. The summed E-state index contributed by atoms with van der Waals surface area (Å²) in [4.78, 5) is 11.2. The van der Waals surface area contributed by atoms with E-state index >= 15 is 0 Å². The molecule has 0 aliphatic rings. The molecule has 0 radical (unpaired) electrons. The van der Waals surface area contributed by atoms with Gasteiger partial charge in [-0.3, -0.25) is 4.79 Å². The van der Waals surface area contributed by atoms with Gasteiger partial charge in [-0.1, -0.05) is 27.2 Å². The van der Waals surface area contributed by atoms with Crippen LogP contribution < -0.4 is 10.6 Å². The zero-order valence-corrected chi connectivity index (χ0v) is 9.02. The molecule has 0 aromatic carbocycles. The Morgan fingerprint density at radius 3 is 2.62 bits per heavy atom. The van der Waals surface area contributed by atoms with Crippen molar-refractivity contribution in [2.45, 2.75) is 33.6 Å². The van der Waals surface area contributed by atoms with E-state index in [1.54, 1.807) is 0 Å². The molecule has 0 spiro atoms. The average molecular weight is 186 g/mol. The van der Waals surface area contributed by atoms with Crippen LogP contribution in [0.2, 0.25) is 0 Å². The van der Waals surface area contributed by atoms with Gasteiger partial charge in [-0.25, -0.2) is 0 Å². The van der Waals surface area contributed by atoms with Crippen molar-refractivity contribution in [1.29, 1.82) is 0 Å². The Morgan fingerprint density at radius 1 is 1.38 bits per heavy atom. The zero-order chi connectivity index (χ0) is 10.1. The third-order valence-corrected chi connectivity index (χ3v) is 2.12. The highest BCUT2D eigenvalue weighted by Gasteiger charge is 2.02. The fourth-order valence-electron chi connectivity index (χ4n) is 0.899. The molecule has 0 saturated carbocycles. The molecule has 1 unspecified atom stereocenters. The van der Waals surface area contributed by atoms with Crippen molar-refractivity contribution in [3.05, 3.63) is 0 Å². The van der Waals surface area contributed by atoms with E-state index in [2.05, 4.69) is 24.5 Å². The summed E-state index contributed by atoms with van der Waals surface area (Å²) in [5.41, 5.74) is 0. The Hall–Kier alpha value is -0.570. The molecule has 0 aliphatic carbocycles. The van der Waals surface area contributed by atoms with Gasteiger partial charge in [0, 0.05) is 19.5 Å². The van der Waals surface area contributed by atoms with E-state index in [1.165, 1.54) is 0 Å². The van der Waals surface area contributed by atoms with Gasteiger partial charge in [0.2, 0.25) is 5.91 Å². The molecule has 0 heterocycles. The van der Waals surface area contributed by atoms with Gasteiger partial charge in [0.25, 0.3) is 0 Å². The normalized spacial score (nSPS) is 12.5. The topological polar surface area (TPSA) is 41.1 Å². The Labute approximate surface area is 81.3 Å². The van der Waals surface area contributed by atoms with E-state index < -0.39 is 0 Å². The highest BCUT2D eigenvalue weighted by atomic mass is 16.1. The van der Waals surface area contributed by atoms with Gasteiger partial charge < -0.3 is 10.6 Å². The number of amides is 1. The van der Waals surface area contributed by atoms with Crippen LogP contribution in [0.25, 0.3) is 0 Å². The van der Waals surface area contributed by atoms with Gasteiger partial charge in [0.05, 0.1) is 0 Å². The van der Waals surface area contributed by atoms with Crippen LogP contribution >= 0.6 is 0 Å². The van der Waals surface area contributed by atoms with Crippen molar-refractivity contribution < 1.29 is 4.79 Å². The summed E-state index contributed by atoms with van der Waals surface area (Å²) in [7, 11) is 0. The van der Waals surface area contributed by atoms with E-state index in [0.717, 1.165) is 26.1 Å². The lowest BCUT2D eigenvalue weighted by Gasteiger charge is -2.09. The van der Waals surface area contributed by atoms with Crippen molar-refractivity contribution in [3.63, 3.8) is 0 Å². The molecule has 0 aliphatic heterocycles. The lowest BCUT2D eigenvalue weighted by Crippen LogP contribution is -2.30. The SMILES string of the molecule is CCNCCC(=O)NCC(C)CC. The van der Waals surface area contributed by atoms with E-state index in [0.29, 0.717) is 12.3 Å². The lowest BCUT2D eigenvalue weighted by molar-refractivity contribution is -0.121. The molecule has 0 saturated heterocycles. The molecular weight excluding hydrogens is 164 g/mol. The van der Waals surface area contributed by atoms with Crippen molar-refractivity contribution in [1.82, 2.24) is 10.6 Å². The summed E-state index contributed by atoms with van der Waals surface area (Å²) >= 11 is 0. The minimum Gasteiger partial charge on any atom is -0.356 e. The molecule has 78 valence electrons. The standard InChI is InChI=1S/C10H22N2O/c1-4-9(3)8-12-10(13)6-7-11-5-2/h9,11H,4-8H2,1-3H3,(H,12,13). The third-order valence-electron chi connectivity index (χ3n) is 2.12. The number of hydrogen-bond donors (Lipinski definition) is 2. The number of nitrogens with one attached hydrogen (secondary N) is 2. The zero-order valence-electron chi connectivity index (χ0n) is 9.02. The Bertz CT molecular complexity index is 137. The summed E-state index contributed by atoms with van der Waals surface area (Å²) in [6, 6.07) is 0. The Kier molecular flexibility index (Phi) is 7.69. The number of carbonyl (C=O) groups excluding carboxylic acids is 1. The van der Waals surface area contributed by atoms with Crippen LogP contribution in [0.3, 0.4) is 0 Å². The molecular formula is C10H22N2O. The van der Waals surface area contributed by atoms with Crippen LogP contribution in [0.4, 0.5) is 0 Å². The number of rotatable bonds is 7. The van der Waals surface area contributed by atoms with Gasteiger partial charge >= 0.3 is 0 Å². The first-order chi connectivity index (χ1) is 6.20. The van der Waals surface area contributed by atoms with Crippen LogP contribution in [-0.2, 0) is 4.79 Å². The quantitative estimate of drug-likeness (QED) is 0.586. The highest BCUT2D eigenvalue weighted by Crippen LogP contribution is 1.96. The van der Waals surface area contributed by atoms with Crippen LogP contribution in [0.15, 0.2) is 0 Å². The van der Waals surface area contributed by atoms with Gasteiger partial charge in [-0.05, 0) is 12.5 Å². The van der Waals surface area contributed by atoms with Crippen LogP contribution in [0, 0.1) is 5.92 Å². The molecule has 0 bridgehead atoms. The van der Waals surface area contributed by atoms with Gasteiger partial charge in [-0.2, -0.15) is 0 Å². The first-order valence-electron chi connectivity index (χ1n) is 5.18. The summed E-state index contributed by atoms with van der Waals surface area (Å²) in [5, 5.41) is 6.03. The Balaban J connectivity index is 3.30. The maximum absolute atomic E-state index is 11.2. The molecule has 1 atom stereocenters. The van der Waals surface area contributed by atoms with E-state index in [9.17, 15) is 4.79 Å². The maximum atomic E-state index is 11.2. The Morgan fingerprint density at radius 2 is 2.08 bits per heavy atom. The third kappa shape index (κ3) is 7.78. The summed E-state index contributed by atoms with van der Waals surface area (Å²) < 4.78 is 0. The molecule has 0 fully saturated rings. The number of hydrogen-bond acceptors (Lipinski definition) is 2. The monoisotopic (exact) mass is 186 g/mol. The van der Waals surface area contributed by atoms with Crippen LogP contribution in [-0.4, -0.2) is 25.5 Å². The lowest BCUT2D eigenvalue weighted by atomic mass is 10.1. The van der Waals surface area contributed by atoms with Crippen molar-refractivity contribution >= 4 is 5.91 Å². The van der Waals surface area contributed by atoms with E-state index in [1.807, 2.05) is 6.92 Å². The van der Waals surface area contributed by atoms with Gasteiger partial charge in [-0.15, -0.1) is 0 Å². The van der Waals surface area contributed by atoms with Crippen molar-refractivity contribution in [3.8, 4) is 0 Å². The predicted octanol–water partition coefficient (Wildman–Crippen LogP) is 1.15. The minimum atomic E-state index is 0.154. The molecule has 3 heteroatoms. The fourth-order valence-corrected chi connectivity index (χ4v) is 0.899. The van der Waals surface area contributed by atoms with E-state index in [4.69, 9.17) is 0 Å². The van der Waals surface area contributed by atoms with Gasteiger partial charge in [0.15, 0.2) is 0 Å². The largest absolute Gasteiger partial charge is 0.356 e. The first kappa shape index (κ1) is 12.4. The van der Waals surface area contributed by atoms with Gasteiger partial charge in [0.1, 0.15) is 0 Å². The molecule has 0 rings (SSSR count). The van der Waals surface area contributed by atoms with Crippen molar-refractivity contribution in [2.75, 3.05) is 19.6 Å². The predicted molar refractivity (Wildman–Crippen MR) is 55.6 cm³/mol. The molecule has 2 N–H and O–H groups in total. The van der Waals surface area contributed by atoms with Crippen LogP contribution in [0.5, 0.6) is 0 Å². The second-order valence-electron chi connectivity index (χ2n) is 3.42. The summed E-state index contributed by atoms with van der Waals surface area (Å²) in [6.45, 7) is 8.83. The smallest absolute Gasteiger partial charge is 0.221 e. The number of carbonyl (C=O) groups is 1. The molecule has 3 nitrogen and oxygen atoms in total. The molecule has 13 heavy (non-hydrogen) atoms. The van der Waals surface area contributed by atoms with Crippen molar-refractivity contribution in [2.24, 2.45) is 5.92 Å². The molecule has 0 aromatic heterocycles. The second kappa shape index (κ2) is 8.05. The second-order valence-corrected chi connectivity index (χ2v) is 3.42. The minimum absolute atomic E-state index is 0.154. The molecule has 1 amide bonds.